The topological polar surface area (TPSA) is 87.3 Å². The van der Waals surface area contributed by atoms with Crippen molar-refractivity contribution in [1.82, 2.24) is 5.32 Å². The van der Waals surface area contributed by atoms with E-state index in [2.05, 4.69) is 79.7 Å². The maximum atomic E-state index is 12.5. The van der Waals surface area contributed by atoms with Gasteiger partial charge >= 0.3 is 6.03 Å². The molecule has 3 rings (SSSR count). The second kappa shape index (κ2) is 8.42. The highest BCUT2D eigenvalue weighted by Gasteiger charge is 2.29. The molecule has 1 heterocycles. The Morgan fingerprint density at radius 1 is 1.04 bits per heavy atom. The summed E-state index contributed by atoms with van der Waals surface area (Å²) in [4.78, 5) is 36.4. The SMILES string of the molecule is O=C(Nc1cc(Br)c(Br)c(Br)c1Br)NC1CC(=O)C(=O)Nc2ccccc21. The second-order valence-electron chi connectivity index (χ2n) is 5.67. The van der Waals surface area contributed by atoms with Crippen molar-refractivity contribution in [3.63, 3.8) is 0 Å². The van der Waals surface area contributed by atoms with Gasteiger partial charge < -0.3 is 16.0 Å². The highest BCUT2D eigenvalue weighted by Crippen LogP contribution is 2.41. The Balaban J connectivity index is 1.84. The van der Waals surface area contributed by atoms with E-state index < -0.39 is 23.8 Å². The van der Waals surface area contributed by atoms with Gasteiger partial charge in [0, 0.05) is 25.5 Å². The normalized spacial score (nSPS) is 16.2. The Labute approximate surface area is 188 Å². The molecule has 1 aliphatic heterocycles. The molecule has 0 saturated heterocycles. The molecule has 0 bridgehead atoms. The molecule has 2 aromatic rings. The number of ketones is 1. The predicted octanol–water partition coefficient (Wildman–Crippen LogP) is 5.51. The first-order valence-corrected chi connectivity index (χ1v) is 10.8. The fraction of sp³-hybridized carbons (Fsp3) is 0.118. The second-order valence-corrected chi connectivity index (χ2v) is 8.90. The van der Waals surface area contributed by atoms with Gasteiger partial charge in [0.05, 0.1) is 16.2 Å². The molecule has 0 radical (unpaired) electrons. The van der Waals surface area contributed by atoms with E-state index in [1.807, 2.05) is 0 Å². The maximum absolute atomic E-state index is 12.5. The van der Waals surface area contributed by atoms with Crippen LogP contribution in [0.25, 0.3) is 0 Å². The standard InChI is InChI=1S/C17H11Br4N3O3/c18-8-5-11(14(20)15(21)13(8)19)24-17(27)23-10-6-12(25)16(26)22-9-4-2-1-3-7(9)10/h1-5,10H,6H2,(H,22,26)(H2,23,24,27). The summed E-state index contributed by atoms with van der Waals surface area (Å²) >= 11 is 13.7. The van der Waals surface area contributed by atoms with Crippen LogP contribution in [0.3, 0.4) is 0 Å². The van der Waals surface area contributed by atoms with Crippen LogP contribution in [-0.2, 0) is 9.59 Å². The molecule has 0 aromatic heterocycles. The summed E-state index contributed by atoms with van der Waals surface area (Å²) < 4.78 is 2.93. The van der Waals surface area contributed by atoms with Gasteiger partial charge in [-0.05, 0) is 81.4 Å². The molecule has 140 valence electrons. The first kappa shape index (κ1) is 20.5. The number of nitrogens with one attached hydrogen (secondary N) is 3. The van der Waals surface area contributed by atoms with Crippen LogP contribution in [0.2, 0.25) is 0 Å². The molecular weight excluding hydrogens is 614 g/mol. The summed E-state index contributed by atoms with van der Waals surface area (Å²) in [6.07, 6.45) is -0.120. The van der Waals surface area contributed by atoms with Gasteiger partial charge in [-0.25, -0.2) is 4.79 Å². The van der Waals surface area contributed by atoms with Crippen LogP contribution in [-0.4, -0.2) is 17.7 Å². The molecule has 3 N–H and O–H groups in total. The number of urea groups is 1. The molecule has 0 aliphatic carbocycles. The molecule has 6 nitrogen and oxygen atoms in total. The van der Waals surface area contributed by atoms with Crippen LogP contribution in [0, 0.1) is 0 Å². The van der Waals surface area contributed by atoms with Gasteiger partial charge in [-0.1, -0.05) is 18.2 Å². The minimum absolute atomic E-state index is 0.120. The number of carbonyl (C=O) groups is 3. The molecule has 1 aliphatic rings. The van der Waals surface area contributed by atoms with Crippen molar-refractivity contribution >= 4 is 92.8 Å². The number of hydrogen-bond donors (Lipinski definition) is 3. The minimum atomic E-state index is -0.685. The highest BCUT2D eigenvalue weighted by atomic mass is 79.9. The molecular formula is C17H11Br4N3O3. The number of amides is 3. The largest absolute Gasteiger partial charge is 0.331 e. The number of para-hydroxylation sites is 1. The van der Waals surface area contributed by atoms with E-state index in [4.69, 9.17) is 0 Å². The monoisotopic (exact) mass is 621 g/mol. The Hall–Kier alpha value is -1.23. The van der Waals surface area contributed by atoms with Crippen LogP contribution in [0.4, 0.5) is 16.2 Å². The van der Waals surface area contributed by atoms with Gasteiger partial charge in [0.25, 0.3) is 5.91 Å². The first-order valence-electron chi connectivity index (χ1n) is 7.61. The van der Waals surface area contributed by atoms with Crippen LogP contribution in [0.15, 0.2) is 48.2 Å². The summed E-state index contributed by atoms with van der Waals surface area (Å²) in [7, 11) is 0. The zero-order chi connectivity index (χ0) is 19.7. The van der Waals surface area contributed by atoms with Gasteiger partial charge in [-0.3, -0.25) is 9.59 Å². The average Bonchev–Trinajstić information content (AvgIpc) is 2.75. The number of carbonyl (C=O) groups excluding carboxylic acids is 3. The van der Waals surface area contributed by atoms with Crippen molar-refractivity contribution in [3.8, 4) is 0 Å². The fourth-order valence-corrected chi connectivity index (χ4v) is 4.71. The van der Waals surface area contributed by atoms with Crippen LogP contribution in [0.1, 0.15) is 18.0 Å². The number of anilines is 2. The highest BCUT2D eigenvalue weighted by molar-refractivity contribution is 9.15. The zero-order valence-corrected chi connectivity index (χ0v) is 19.8. The van der Waals surface area contributed by atoms with Crippen molar-refractivity contribution in [2.75, 3.05) is 10.6 Å². The van der Waals surface area contributed by atoms with E-state index in [1.54, 1.807) is 30.3 Å². The van der Waals surface area contributed by atoms with E-state index in [1.165, 1.54) is 0 Å². The molecule has 2 aromatic carbocycles. The van der Waals surface area contributed by atoms with Gasteiger partial charge in [-0.2, -0.15) is 0 Å². The van der Waals surface area contributed by atoms with E-state index >= 15 is 0 Å². The molecule has 1 unspecified atom stereocenters. The summed E-state index contributed by atoms with van der Waals surface area (Å²) in [5.41, 5.74) is 1.70. The van der Waals surface area contributed by atoms with Crippen molar-refractivity contribution in [1.29, 1.82) is 0 Å². The lowest BCUT2D eigenvalue weighted by Crippen LogP contribution is -2.34. The molecule has 0 fully saturated rings. The Kier molecular flexibility index (Phi) is 6.39. The minimum Gasteiger partial charge on any atom is -0.331 e. The van der Waals surface area contributed by atoms with Crippen molar-refractivity contribution in [3.05, 3.63) is 53.8 Å². The molecule has 1 atom stereocenters. The molecule has 10 heteroatoms. The lowest BCUT2D eigenvalue weighted by Gasteiger charge is -2.19. The predicted molar refractivity (Wildman–Crippen MR) is 117 cm³/mol. The molecule has 27 heavy (non-hydrogen) atoms. The van der Waals surface area contributed by atoms with Crippen molar-refractivity contribution in [2.24, 2.45) is 0 Å². The lowest BCUT2D eigenvalue weighted by molar-refractivity contribution is -0.134. The fourth-order valence-electron chi connectivity index (χ4n) is 2.60. The first-order chi connectivity index (χ1) is 12.8. The summed E-state index contributed by atoms with van der Waals surface area (Å²) in [5, 5.41) is 8.09. The van der Waals surface area contributed by atoms with E-state index in [-0.39, 0.29) is 6.42 Å². The Morgan fingerprint density at radius 3 is 2.48 bits per heavy atom. The van der Waals surface area contributed by atoms with Crippen molar-refractivity contribution in [2.45, 2.75) is 12.5 Å². The number of Topliss-reactive ketones (excluding diaryl/α,β-unsaturated/α-hetero) is 1. The molecule has 3 amide bonds. The number of fused-ring (bicyclic) bond motifs is 1. The summed E-state index contributed by atoms with van der Waals surface area (Å²) in [5.74, 6) is -1.28. The smallest absolute Gasteiger partial charge is 0.319 e. The van der Waals surface area contributed by atoms with Crippen LogP contribution in [0.5, 0.6) is 0 Å². The van der Waals surface area contributed by atoms with Gasteiger partial charge in [-0.15, -0.1) is 0 Å². The molecule has 0 saturated carbocycles. The third kappa shape index (κ3) is 4.44. The maximum Gasteiger partial charge on any atom is 0.319 e. The lowest BCUT2D eigenvalue weighted by atomic mass is 10.0. The number of hydrogen-bond acceptors (Lipinski definition) is 3. The Morgan fingerprint density at radius 2 is 1.74 bits per heavy atom. The zero-order valence-electron chi connectivity index (χ0n) is 13.4. The van der Waals surface area contributed by atoms with Crippen LogP contribution < -0.4 is 16.0 Å². The number of halogens is 4. The van der Waals surface area contributed by atoms with Crippen LogP contribution >= 0.6 is 63.7 Å². The third-order valence-corrected chi connectivity index (χ3v) is 8.55. The van der Waals surface area contributed by atoms with E-state index in [0.29, 0.717) is 21.4 Å². The molecule has 0 spiro atoms. The Bertz CT molecular complexity index is 965. The number of rotatable bonds is 2. The van der Waals surface area contributed by atoms with Gasteiger partial charge in [0.15, 0.2) is 0 Å². The third-order valence-electron chi connectivity index (χ3n) is 3.88. The number of benzene rings is 2. The van der Waals surface area contributed by atoms with E-state index in [9.17, 15) is 14.4 Å². The van der Waals surface area contributed by atoms with Gasteiger partial charge in [0.2, 0.25) is 5.78 Å². The summed E-state index contributed by atoms with van der Waals surface area (Å²) in [6.45, 7) is 0. The summed E-state index contributed by atoms with van der Waals surface area (Å²) in [6, 6.07) is 7.59. The van der Waals surface area contributed by atoms with Gasteiger partial charge in [0.1, 0.15) is 0 Å². The van der Waals surface area contributed by atoms with E-state index in [0.717, 1.165) is 13.4 Å². The quantitative estimate of drug-likeness (QED) is 0.234. The van der Waals surface area contributed by atoms with Crippen molar-refractivity contribution < 1.29 is 14.4 Å². The average molecular weight is 625 g/mol.